The van der Waals surface area contributed by atoms with Crippen LogP contribution in [0.15, 0.2) is 59.0 Å². The highest BCUT2D eigenvalue weighted by Crippen LogP contribution is 2.32. The van der Waals surface area contributed by atoms with Crippen molar-refractivity contribution in [1.29, 1.82) is 0 Å². The van der Waals surface area contributed by atoms with E-state index in [0.717, 1.165) is 11.1 Å². The highest BCUT2D eigenvalue weighted by molar-refractivity contribution is 6.03. The summed E-state index contributed by atoms with van der Waals surface area (Å²) in [5.41, 5.74) is 8.76. The molecule has 16 nitrogen and oxygen atoms in total. The van der Waals surface area contributed by atoms with Crippen molar-refractivity contribution < 1.29 is 59.0 Å². The molecule has 292 valence electrons. The van der Waals surface area contributed by atoms with Crippen LogP contribution in [-0.4, -0.2) is 95.9 Å². The molecule has 2 amide bonds. The summed E-state index contributed by atoms with van der Waals surface area (Å²) >= 11 is 0. The molecule has 0 radical (unpaired) electrons. The number of allylic oxidation sites excluding steroid dienone is 2. The summed E-state index contributed by atoms with van der Waals surface area (Å²) in [6.45, 7) is 14.7. The van der Waals surface area contributed by atoms with Crippen LogP contribution in [0, 0.1) is 13.8 Å². The van der Waals surface area contributed by atoms with Gasteiger partial charge in [0.1, 0.15) is 18.3 Å². The molecule has 3 aliphatic rings. The zero-order valence-electron chi connectivity index (χ0n) is 30.7. The molecule has 0 spiro atoms. The molecule has 0 saturated carbocycles. The molecule has 5 atom stereocenters. The van der Waals surface area contributed by atoms with Crippen molar-refractivity contribution >= 4 is 41.9 Å². The summed E-state index contributed by atoms with van der Waals surface area (Å²) in [5, 5.41) is 55.1. The number of aromatic amines is 2. The monoisotopic (exact) mass is 760 g/mol. The Bertz CT molecular complexity index is 2110. The van der Waals surface area contributed by atoms with Gasteiger partial charge in [-0.1, -0.05) is 25.3 Å². The van der Waals surface area contributed by atoms with Crippen LogP contribution in [0.2, 0.25) is 0 Å². The molecule has 0 bridgehead atoms. The maximum atomic E-state index is 13.1. The number of H-pyrrole nitrogens is 2. The number of carbonyl (C=O) groups is 5. The van der Waals surface area contributed by atoms with Crippen molar-refractivity contribution in [1.82, 2.24) is 20.6 Å². The van der Waals surface area contributed by atoms with Gasteiger partial charge in [0.2, 0.25) is 6.29 Å². The normalized spacial score (nSPS) is 24.1. The van der Waals surface area contributed by atoms with Crippen LogP contribution < -0.4 is 10.6 Å². The maximum absolute atomic E-state index is 13.1. The van der Waals surface area contributed by atoms with E-state index in [1.165, 1.54) is 6.08 Å². The van der Waals surface area contributed by atoms with Crippen molar-refractivity contribution in [3.63, 3.8) is 0 Å². The number of carboxylic acid groups (broad SMARTS) is 2. The van der Waals surface area contributed by atoms with Gasteiger partial charge in [-0.15, -0.1) is 0 Å². The molecule has 9 N–H and O–H groups in total. The van der Waals surface area contributed by atoms with Crippen LogP contribution in [0.3, 0.4) is 0 Å². The number of amides is 2. The summed E-state index contributed by atoms with van der Waals surface area (Å²) in [5.74, 6) is -4.08. The van der Waals surface area contributed by atoms with E-state index in [2.05, 4.69) is 33.8 Å². The topological polar surface area (TPSA) is 261 Å². The Kier molecular flexibility index (Phi) is 12.0. The lowest BCUT2D eigenvalue weighted by molar-refractivity contribution is -0.286. The number of nitrogens with one attached hydrogen (secondary N) is 4. The largest absolute Gasteiger partial charge is 0.481 e. The van der Waals surface area contributed by atoms with Crippen LogP contribution in [0.5, 0.6) is 0 Å². The summed E-state index contributed by atoms with van der Waals surface area (Å²) < 4.78 is 10.3. The number of ether oxygens (including phenoxy) is 2. The Morgan fingerprint density at radius 2 is 1.29 bits per heavy atom. The lowest BCUT2D eigenvalue weighted by atomic mass is 9.98. The van der Waals surface area contributed by atoms with Gasteiger partial charge in [0.25, 0.3) is 11.8 Å². The summed E-state index contributed by atoms with van der Waals surface area (Å²) in [7, 11) is 0. The Morgan fingerprint density at radius 1 is 0.745 bits per heavy atom. The highest BCUT2D eigenvalue weighted by Gasteiger charge is 2.48. The minimum Gasteiger partial charge on any atom is -0.481 e. The molecule has 5 rings (SSSR count). The van der Waals surface area contributed by atoms with Gasteiger partial charge in [0, 0.05) is 64.5 Å². The van der Waals surface area contributed by atoms with E-state index in [9.17, 15) is 49.5 Å². The molecular weight excluding hydrogens is 716 g/mol. The van der Waals surface area contributed by atoms with E-state index in [0.29, 0.717) is 67.6 Å². The van der Waals surface area contributed by atoms with Crippen LogP contribution in [0.1, 0.15) is 71.7 Å². The third-order valence-corrected chi connectivity index (χ3v) is 10.2. The SMILES string of the molecule is C=CC1=C(C)C(=O)NC1=Cc1[nH]c(Cc2[nH]c(/C=C3/NC(=O)C(C=C)=C3C)c(C)c2CCC(=O)O)c(CCC(=O)O[C@@H]2O[C@H](C(=O)O)[C@@H](O)[C@H](O)[C@H]2O)c1C. The van der Waals surface area contributed by atoms with Crippen LogP contribution in [-0.2, 0) is 52.7 Å². The van der Waals surface area contributed by atoms with E-state index in [1.54, 1.807) is 32.1 Å². The summed E-state index contributed by atoms with van der Waals surface area (Å²) in [6, 6.07) is 0. The van der Waals surface area contributed by atoms with Gasteiger partial charge in [-0.3, -0.25) is 19.2 Å². The Balaban J connectivity index is 1.51. The number of aliphatic hydroxyl groups excluding tert-OH is 3. The van der Waals surface area contributed by atoms with E-state index in [4.69, 9.17) is 9.47 Å². The van der Waals surface area contributed by atoms with E-state index >= 15 is 0 Å². The molecule has 1 fully saturated rings. The number of aliphatic hydroxyl groups is 3. The Labute approximate surface area is 315 Å². The highest BCUT2D eigenvalue weighted by atomic mass is 16.7. The lowest BCUT2D eigenvalue weighted by Gasteiger charge is -2.37. The van der Waals surface area contributed by atoms with Crippen LogP contribution in [0.4, 0.5) is 0 Å². The number of hydrogen-bond donors (Lipinski definition) is 9. The smallest absolute Gasteiger partial charge is 0.335 e. The van der Waals surface area contributed by atoms with Crippen molar-refractivity contribution in [2.45, 2.75) is 90.5 Å². The first-order valence-corrected chi connectivity index (χ1v) is 17.4. The van der Waals surface area contributed by atoms with E-state index in [1.807, 2.05) is 13.8 Å². The third-order valence-electron chi connectivity index (χ3n) is 10.2. The second kappa shape index (κ2) is 16.3. The molecule has 16 heteroatoms. The maximum Gasteiger partial charge on any atom is 0.335 e. The van der Waals surface area contributed by atoms with Crippen LogP contribution in [0.25, 0.3) is 12.2 Å². The zero-order chi connectivity index (χ0) is 40.5. The predicted molar refractivity (Wildman–Crippen MR) is 197 cm³/mol. The second-order valence-corrected chi connectivity index (χ2v) is 13.5. The molecule has 0 aliphatic carbocycles. The number of hydrogen-bond acceptors (Lipinski definition) is 10. The van der Waals surface area contributed by atoms with Gasteiger partial charge in [0.15, 0.2) is 6.10 Å². The van der Waals surface area contributed by atoms with Gasteiger partial charge in [-0.05, 0) is 80.5 Å². The molecule has 55 heavy (non-hydrogen) atoms. The number of aromatic nitrogens is 2. The molecule has 3 aliphatic heterocycles. The zero-order valence-corrected chi connectivity index (χ0v) is 30.7. The minimum absolute atomic E-state index is 0.0625. The van der Waals surface area contributed by atoms with Crippen molar-refractivity contribution in [3.8, 4) is 0 Å². The lowest BCUT2D eigenvalue weighted by Crippen LogP contribution is -2.60. The average molecular weight is 761 g/mol. The first-order chi connectivity index (χ1) is 26.0. The fraction of sp³-hybridized carbons (Fsp3) is 0.359. The molecular formula is C39H44N4O12. The number of carboxylic acids is 2. The molecule has 2 aromatic rings. The Hall–Kier alpha value is -5.81. The molecule has 5 heterocycles. The molecule has 1 saturated heterocycles. The summed E-state index contributed by atoms with van der Waals surface area (Å²) in [6.07, 6.45) is -3.07. The molecule has 0 unspecified atom stereocenters. The van der Waals surface area contributed by atoms with Crippen molar-refractivity contribution in [2.24, 2.45) is 0 Å². The van der Waals surface area contributed by atoms with Crippen LogP contribution >= 0.6 is 0 Å². The van der Waals surface area contributed by atoms with Gasteiger partial charge < -0.3 is 55.6 Å². The fourth-order valence-corrected chi connectivity index (χ4v) is 6.94. The van der Waals surface area contributed by atoms with Crippen molar-refractivity contribution in [2.75, 3.05) is 0 Å². The first-order valence-electron chi connectivity index (χ1n) is 17.4. The van der Waals surface area contributed by atoms with Crippen molar-refractivity contribution in [3.05, 3.63) is 104 Å². The van der Waals surface area contributed by atoms with E-state index in [-0.39, 0.29) is 43.9 Å². The van der Waals surface area contributed by atoms with E-state index < -0.39 is 48.6 Å². The van der Waals surface area contributed by atoms with Gasteiger partial charge in [-0.25, -0.2) is 4.79 Å². The second-order valence-electron chi connectivity index (χ2n) is 13.5. The minimum atomic E-state index is -1.96. The third kappa shape index (κ3) is 8.17. The first kappa shape index (κ1) is 40.4. The quantitative estimate of drug-likeness (QED) is 0.125. The standard InChI is InChI=1S/C39H44N4O12/c1-7-20-19(6)36(50)43-27(20)14-25-18(5)23(10-12-31(46)54-39-34(49)32(47)33(48)35(55-39)38(52)53)29(41-25)15-28-22(9-11-30(44)45)17(4)24(40-28)13-26-16(3)21(8-2)37(51)42-26/h7-8,13-14,32-35,39-41,47-49H,1-2,9-12,15H2,3-6H3,(H,42,51)(H,43,50)(H,44,45)(H,52,53)/b26-13+,27-14?/t32-,33-,34+,35-,39+/m0/s1. The average Bonchev–Trinajstić information content (AvgIpc) is 3.78. The number of aliphatic carboxylic acids is 2. The van der Waals surface area contributed by atoms with Gasteiger partial charge in [-0.2, -0.15) is 0 Å². The summed E-state index contributed by atoms with van der Waals surface area (Å²) in [4.78, 5) is 68.1. The van der Waals surface area contributed by atoms with Gasteiger partial charge >= 0.3 is 17.9 Å². The molecule has 2 aromatic heterocycles. The predicted octanol–water partition coefficient (Wildman–Crippen LogP) is 1.88. The Morgan fingerprint density at radius 3 is 1.82 bits per heavy atom. The number of carbonyl (C=O) groups excluding carboxylic acids is 3. The number of esters is 1. The fourth-order valence-electron chi connectivity index (χ4n) is 6.94. The number of rotatable bonds is 14. The van der Waals surface area contributed by atoms with Gasteiger partial charge in [0.05, 0.1) is 5.70 Å². The molecule has 0 aromatic carbocycles.